The van der Waals surface area contributed by atoms with Crippen molar-refractivity contribution in [2.75, 3.05) is 41.5 Å². The molecule has 2 aliphatic heterocycles. The minimum absolute atomic E-state index is 0.129. The van der Waals surface area contributed by atoms with Gasteiger partial charge in [0, 0.05) is 19.0 Å². The minimum Gasteiger partial charge on any atom is -0.493 e. The average Bonchev–Trinajstić information content (AvgIpc) is 3.16. The van der Waals surface area contributed by atoms with Crippen LogP contribution in [0.25, 0.3) is 16.7 Å². The Kier molecular flexibility index (Phi) is 4.45. The van der Waals surface area contributed by atoms with Crippen LogP contribution in [0.2, 0.25) is 0 Å². The third-order valence-electron chi connectivity index (χ3n) is 6.74. The highest BCUT2D eigenvalue weighted by atomic mass is 16.5. The summed E-state index contributed by atoms with van der Waals surface area (Å²) in [5, 5.41) is 11.3. The van der Waals surface area contributed by atoms with Crippen molar-refractivity contribution in [3.05, 3.63) is 41.5 Å². The van der Waals surface area contributed by atoms with E-state index in [1.54, 1.807) is 28.4 Å². The molecule has 158 valence electrons. The molecule has 2 aromatic carbocycles. The summed E-state index contributed by atoms with van der Waals surface area (Å²) in [5.41, 5.74) is 4.62. The van der Waals surface area contributed by atoms with Crippen LogP contribution in [0.5, 0.6) is 23.0 Å². The molecule has 5 rings (SSSR count). The van der Waals surface area contributed by atoms with Crippen LogP contribution in [-0.4, -0.2) is 57.3 Å². The molecule has 2 unspecified atom stereocenters. The topological polar surface area (TPSA) is 60.4 Å². The second-order valence-electron chi connectivity index (χ2n) is 8.13. The molecule has 0 bridgehead atoms. The zero-order chi connectivity index (χ0) is 21.0. The highest BCUT2D eigenvalue weighted by Crippen LogP contribution is 2.55. The number of hydrogen-bond acceptors (Lipinski definition) is 6. The van der Waals surface area contributed by atoms with Crippen molar-refractivity contribution in [2.24, 2.45) is 0 Å². The van der Waals surface area contributed by atoms with E-state index < -0.39 is 5.72 Å². The van der Waals surface area contributed by atoms with Crippen molar-refractivity contribution in [3.8, 4) is 34.1 Å². The molecule has 0 spiro atoms. The molecular weight excluding hydrogens is 382 g/mol. The standard InChI is InChI=1S/C24H27NO5/c1-27-20-8-14-15-9-21(28-2)23(30-4)11-17(15)19-13-25-7-5-6-24(25,26)12-18(19)16(14)10-22(20)29-3/h8-12,19,26H,5-7,13H2,1-4H3. The summed E-state index contributed by atoms with van der Waals surface area (Å²) >= 11 is 0. The van der Waals surface area contributed by atoms with Gasteiger partial charge in [-0.25, -0.2) is 0 Å². The second kappa shape index (κ2) is 6.93. The number of rotatable bonds is 4. The van der Waals surface area contributed by atoms with Crippen LogP contribution < -0.4 is 18.9 Å². The molecule has 1 fully saturated rings. The fraction of sp³-hybridized carbons (Fsp3) is 0.417. The maximum Gasteiger partial charge on any atom is 0.161 e. The van der Waals surface area contributed by atoms with Crippen LogP contribution in [-0.2, 0) is 0 Å². The van der Waals surface area contributed by atoms with E-state index in [1.807, 2.05) is 18.2 Å². The lowest BCUT2D eigenvalue weighted by atomic mass is 9.72. The fourth-order valence-electron chi connectivity index (χ4n) is 5.25. The number of nitrogens with zero attached hydrogens (tertiary/aromatic N) is 1. The predicted octanol–water partition coefficient (Wildman–Crippen LogP) is 3.67. The number of aliphatic hydroxyl groups is 1. The van der Waals surface area contributed by atoms with Gasteiger partial charge in [-0.15, -0.1) is 0 Å². The Morgan fingerprint density at radius 1 is 0.833 bits per heavy atom. The van der Waals surface area contributed by atoms with Crippen molar-refractivity contribution in [1.82, 2.24) is 4.90 Å². The smallest absolute Gasteiger partial charge is 0.161 e. The molecule has 6 nitrogen and oxygen atoms in total. The summed E-state index contributed by atoms with van der Waals surface area (Å²) in [6.45, 7) is 1.66. The molecular formula is C24H27NO5. The van der Waals surface area contributed by atoms with E-state index in [-0.39, 0.29) is 5.92 Å². The quantitative estimate of drug-likeness (QED) is 0.832. The highest BCUT2D eigenvalue weighted by molar-refractivity contribution is 5.94. The summed E-state index contributed by atoms with van der Waals surface area (Å²) in [6.07, 6.45) is 3.80. The Balaban J connectivity index is 1.82. The normalized spacial score (nSPS) is 24.2. The first-order chi connectivity index (χ1) is 14.5. The Morgan fingerprint density at radius 2 is 1.40 bits per heavy atom. The predicted molar refractivity (Wildman–Crippen MR) is 115 cm³/mol. The molecule has 1 saturated heterocycles. The maximum absolute atomic E-state index is 11.3. The van der Waals surface area contributed by atoms with E-state index in [0.717, 1.165) is 48.2 Å². The SMILES string of the molecule is COc1cc2c(cc1OC)-c1cc(OC)c(OC)cc1C1CN3CCCC3(O)C=C21. The van der Waals surface area contributed by atoms with Gasteiger partial charge in [-0.1, -0.05) is 0 Å². The van der Waals surface area contributed by atoms with Crippen molar-refractivity contribution in [2.45, 2.75) is 24.5 Å². The van der Waals surface area contributed by atoms with Crippen molar-refractivity contribution >= 4 is 5.57 Å². The maximum atomic E-state index is 11.3. The lowest BCUT2D eigenvalue weighted by Crippen LogP contribution is -2.48. The number of benzene rings is 2. The van der Waals surface area contributed by atoms with Gasteiger partial charge >= 0.3 is 0 Å². The molecule has 30 heavy (non-hydrogen) atoms. The summed E-state index contributed by atoms with van der Waals surface area (Å²) in [6, 6.07) is 8.16. The van der Waals surface area contributed by atoms with Crippen LogP contribution in [0, 0.1) is 0 Å². The molecule has 2 atom stereocenters. The molecule has 2 heterocycles. The number of methoxy groups -OCH3 is 4. The lowest BCUT2D eigenvalue weighted by Gasteiger charge is -2.43. The van der Waals surface area contributed by atoms with E-state index in [0.29, 0.717) is 23.0 Å². The first-order valence-electron chi connectivity index (χ1n) is 10.3. The Hall–Kier alpha value is -2.70. The van der Waals surface area contributed by atoms with E-state index >= 15 is 0 Å². The largest absolute Gasteiger partial charge is 0.493 e. The summed E-state index contributed by atoms with van der Waals surface area (Å²) in [4.78, 5) is 2.19. The van der Waals surface area contributed by atoms with Crippen LogP contribution in [0.4, 0.5) is 0 Å². The number of fused-ring (bicyclic) bond motifs is 7. The van der Waals surface area contributed by atoms with Gasteiger partial charge in [-0.05, 0) is 71.0 Å². The molecule has 0 amide bonds. The molecule has 1 aliphatic carbocycles. The number of hydrogen-bond donors (Lipinski definition) is 1. The molecule has 2 aromatic rings. The lowest BCUT2D eigenvalue weighted by molar-refractivity contribution is -0.0429. The Bertz CT molecular complexity index is 1050. The molecule has 0 radical (unpaired) electrons. The monoisotopic (exact) mass is 409 g/mol. The van der Waals surface area contributed by atoms with Crippen LogP contribution in [0.3, 0.4) is 0 Å². The molecule has 1 N–H and O–H groups in total. The molecule has 0 aromatic heterocycles. The Morgan fingerprint density at radius 3 is 2.03 bits per heavy atom. The van der Waals surface area contributed by atoms with Gasteiger partial charge in [0.25, 0.3) is 0 Å². The van der Waals surface area contributed by atoms with Gasteiger partial charge in [0.05, 0.1) is 28.4 Å². The van der Waals surface area contributed by atoms with Gasteiger partial charge in [-0.2, -0.15) is 0 Å². The minimum atomic E-state index is -0.885. The zero-order valence-electron chi connectivity index (χ0n) is 17.8. The van der Waals surface area contributed by atoms with Gasteiger partial charge in [0.1, 0.15) is 5.72 Å². The fourth-order valence-corrected chi connectivity index (χ4v) is 5.25. The van der Waals surface area contributed by atoms with Gasteiger partial charge in [0.15, 0.2) is 23.0 Å². The van der Waals surface area contributed by atoms with Crippen molar-refractivity contribution in [1.29, 1.82) is 0 Å². The van der Waals surface area contributed by atoms with Crippen LogP contribution >= 0.6 is 0 Å². The van der Waals surface area contributed by atoms with E-state index in [2.05, 4.69) is 17.0 Å². The van der Waals surface area contributed by atoms with Gasteiger partial charge in [-0.3, -0.25) is 4.90 Å². The second-order valence-corrected chi connectivity index (χ2v) is 8.13. The summed E-state index contributed by atoms with van der Waals surface area (Å²) in [7, 11) is 6.60. The first kappa shape index (κ1) is 19.3. The summed E-state index contributed by atoms with van der Waals surface area (Å²) in [5.74, 6) is 2.89. The molecule has 6 heteroatoms. The first-order valence-corrected chi connectivity index (χ1v) is 10.3. The Labute approximate surface area is 176 Å². The highest BCUT2D eigenvalue weighted by Gasteiger charge is 2.46. The van der Waals surface area contributed by atoms with Crippen molar-refractivity contribution < 1.29 is 24.1 Å². The number of ether oxygens (including phenoxy) is 4. The molecule has 3 aliphatic rings. The van der Waals surface area contributed by atoms with Crippen LogP contribution in [0.1, 0.15) is 29.9 Å². The average molecular weight is 409 g/mol. The third kappa shape index (κ3) is 2.63. The third-order valence-corrected chi connectivity index (χ3v) is 6.74. The van der Waals surface area contributed by atoms with E-state index in [1.165, 1.54) is 5.56 Å². The van der Waals surface area contributed by atoms with Crippen LogP contribution in [0.15, 0.2) is 30.3 Å². The van der Waals surface area contributed by atoms with E-state index in [4.69, 9.17) is 18.9 Å². The van der Waals surface area contributed by atoms with E-state index in [9.17, 15) is 5.11 Å². The zero-order valence-corrected chi connectivity index (χ0v) is 17.8. The molecule has 0 saturated carbocycles. The van der Waals surface area contributed by atoms with Crippen molar-refractivity contribution in [3.63, 3.8) is 0 Å². The van der Waals surface area contributed by atoms with Gasteiger partial charge in [0.2, 0.25) is 0 Å². The summed E-state index contributed by atoms with van der Waals surface area (Å²) < 4.78 is 22.4. The van der Waals surface area contributed by atoms with Gasteiger partial charge < -0.3 is 24.1 Å².